The molecule has 0 atom stereocenters. The smallest absolute Gasteiger partial charge is 0.228 e. The maximum absolute atomic E-state index is 4.73. The van der Waals surface area contributed by atoms with Crippen LogP contribution in [0.2, 0.25) is 0 Å². The highest BCUT2D eigenvalue weighted by Crippen LogP contribution is 2.29. The topological polar surface area (TPSA) is 46.0 Å². The van der Waals surface area contributed by atoms with Gasteiger partial charge in [-0.1, -0.05) is 12.8 Å². The van der Waals surface area contributed by atoms with Crippen molar-refractivity contribution in [2.24, 2.45) is 0 Å². The van der Waals surface area contributed by atoms with Gasteiger partial charge in [0, 0.05) is 32.4 Å². The van der Waals surface area contributed by atoms with Crippen LogP contribution in [0.4, 0.5) is 11.8 Å². The van der Waals surface area contributed by atoms with Gasteiger partial charge >= 0.3 is 0 Å². The molecule has 0 aromatic carbocycles. The summed E-state index contributed by atoms with van der Waals surface area (Å²) in [5.41, 5.74) is 1.02. The molecule has 0 bridgehead atoms. The van der Waals surface area contributed by atoms with Gasteiger partial charge in [-0.2, -0.15) is 9.97 Å². The van der Waals surface area contributed by atoms with E-state index in [1.807, 2.05) is 19.0 Å². The molecule has 0 aliphatic heterocycles. The lowest BCUT2D eigenvalue weighted by molar-refractivity contribution is 0.617. The minimum absolute atomic E-state index is 0.395. The highest BCUT2D eigenvalue weighted by atomic mass is 15.3. The van der Waals surface area contributed by atoms with Gasteiger partial charge in [-0.3, -0.25) is 0 Å². The van der Waals surface area contributed by atoms with Gasteiger partial charge in [-0.15, -0.1) is 0 Å². The zero-order chi connectivity index (χ0) is 15.0. The molecule has 2 aromatic rings. The molecule has 0 radical (unpaired) electrons. The summed E-state index contributed by atoms with van der Waals surface area (Å²) in [6.07, 6.45) is 7.24. The van der Waals surface area contributed by atoms with E-state index in [1.54, 1.807) is 0 Å². The first kappa shape index (κ1) is 14.2. The Morgan fingerprint density at radius 3 is 2.57 bits per heavy atom. The van der Waals surface area contributed by atoms with Crippen molar-refractivity contribution in [2.45, 2.75) is 51.6 Å². The SMILES string of the molecule is CC(C)n1ccc2c(NC3CCCC3)nc(N(C)C)nc21. The second-order valence-corrected chi connectivity index (χ2v) is 6.45. The van der Waals surface area contributed by atoms with Crippen LogP contribution in [-0.4, -0.2) is 34.7 Å². The highest BCUT2D eigenvalue weighted by molar-refractivity contribution is 5.89. The van der Waals surface area contributed by atoms with Gasteiger partial charge in [-0.25, -0.2) is 0 Å². The van der Waals surface area contributed by atoms with Gasteiger partial charge < -0.3 is 14.8 Å². The van der Waals surface area contributed by atoms with Gasteiger partial charge in [0.15, 0.2) is 0 Å². The summed E-state index contributed by atoms with van der Waals surface area (Å²) >= 11 is 0. The van der Waals surface area contributed by atoms with Crippen molar-refractivity contribution in [1.82, 2.24) is 14.5 Å². The van der Waals surface area contributed by atoms with E-state index < -0.39 is 0 Å². The maximum Gasteiger partial charge on any atom is 0.228 e. The molecule has 1 fully saturated rings. The van der Waals surface area contributed by atoms with Gasteiger partial charge in [0.05, 0.1) is 5.39 Å². The zero-order valence-corrected chi connectivity index (χ0v) is 13.4. The number of hydrogen-bond acceptors (Lipinski definition) is 4. The molecule has 1 N–H and O–H groups in total. The van der Waals surface area contributed by atoms with E-state index in [9.17, 15) is 0 Å². The minimum atomic E-state index is 0.395. The summed E-state index contributed by atoms with van der Waals surface area (Å²) in [5.74, 6) is 1.75. The number of rotatable bonds is 4. The summed E-state index contributed by atoms with van der Waals surface area (Å²) in [5, 5.41) is 4.77. The van der Waals surface area contributed by atoms with Crippen LogP contribution in [0.3, 0.4) is 0 Å². The molecule has 5 heteroatoms. The third kappa shape index (κ3) is 2.69. The Kier molecular flexibility index (Phi) is 3.74. The van der Waals surface area contributed by atoms with E-state index in [2.05, 4.69) is 36.0 Å². The second-order valence-electron chi connectivity index (χ2n) is 6.45. The summed E-state index contributed by atoms with van der Waals surface area (Å²) in [4.78, 5) is 11.4. The predicted octanol–water partition coefficient (Wildman–Crippen LogP) is 3.43. The van der Waals surface area contributed by atoms with Crippen molar-refractivity contribution in [1.29, 1.82) is 0 Å². The first-order chi connectivity index (χ1) is 10.1. The Morgan fingerprint density at radius 1 is 1.24 bits per heavy atom. The number of fused-ring (bicyclic) bond motifs is 1. The van der Waals surface area contributed by atoms with E-state index in [1.165, 1.54) is 25.7 Å². The summed E-state index contributed by atoms with van der Waals surface area (Å²) in [6, 6.07) is 3.08. The average Bonchev–Trinajstić information content (AvgIpc) is 3.06. The normalized spacial score (nSPS) is 16.0. The molecule has 2 heterocycles. The Morgan fingerprint density at radius 2 is 1.95 bits per heavy atom. The first-order valence-corrected chi connectivity index (χ1v) is 7.88. The number of hydrogen-bond donors (Lipinski definition) is 1. The van der Waals surface area contributed by atoms with Crippen LogP contribution in [0, 0.1) is 0 Å². The molecule has 21 heavy (non-hydrogen) atoms. The summed E-state index contributed by atoms with van der Waals surface area (Å²) in [7, 11) is 3.98. The van der Waals surface area contributed by atoms with E-state index in [0.717, 1.165) is 22.8 Å². The Bertz CT molecular complexity index is 623. The molecule has 1 saturated carbocycles. The minimum Gasteiger partial charge on any atom is -0.367 e. The first-order valence-electron chi connectivity index (χ1n) is 7.88. The molecule has 0 spiro atoms. The van der Waals surface area contributed by atoms with Crippen LogP contribution in [0.15, 0.2) is 12.3 Å². The number of nitrogens with zero attached hydrogens (tertiary/aromatic N) is 4. The average molecular weight is 287 g/mol. The number of anilines is 2. The van der Waals surface area contributed by atoms with Crippen molar-refractivity contribution >= 4 is 22.8 Å². The molecule has 3 rings (SSSR count). The molecule has 0 amide bonds. The van der Waals surface area contributed by atoms with E-state index >= 15 is 0 Å². The van der Waals surface area contributed by atoms with Crippen molar-refractivity contribution in [2.75, 3.05) is 24.3 Å². The summed E-state index contributed by atoms with van der Waals surface area (Å²) in [6.45, 7) is 4.36. The number of nitrogens with one attached hydrogen (secondary N) is 1. The Balaban J connectivity index is 2.07. The van der Waals surface area contributed by atoms with Crippen LogP contribution >= 0.6 is 0 Å². The molecular formula is C16H25N5. The molecule has 0 saturated heterocycles. The van der Waals surface area contributed by atoms with Gasteiger partial charge in [0.1, 0.15) is 11.5 Å². The molecule has 5 nitrogen and oxygen atoms in total. The molecule has 0 unspecified atom stereocenters. The molecule has 1 aliphatic rings. The fourth-order valence-corrected chi connectivity index (χ4v) is 3.01. The van der Waals surface area contributed by atoms with Crippen LogP contribution in [-0.2, 0) is 0 Å². The second kappa shape index (κ2) is 5.54. The molecule has 114 valence electrons. The fourth-order valence-electron chi connectivity index (χ4n) is 3.01. The maximum atomic E-state index is 4.73. The van der Waals surface area contributed by atoms with Crippen molar-refractivity contribution in [3.05, 3.63) is 12.3 Å². The zero-order valence-electron chi connectivity index (χ0n) is 13.4. The number of aromatic nitrogens is 3. The summed E-state index contributed by atoms with van der Waals surface area (Å²) < 4.78 is 2.21. The molecule has 1 aliphatic carbocycles. The van der Waals surface area contributed by atoms with Crippen molar-refractivity contribution in [3.63, 3.8) is 0 Å². The van der Waals surface area contributed by atoms with Crippen molar-refractivity contribution in [3.8, 4) is 0 Å². The fraction of sp³-hybridized carbons (Fsp3) is 0.625. The lowest BCUT2D eigenvalue weighted by Gasteiger charge is -2.18. The lowest BCUT2D eigenvalue weighted by Crippen LogP contribution is -2.19. The van der Waals surface area contributed by atoms with Gasteiger partial charge in [0.2, 0.25) is 5.95 Å². The third-order valence-corrected chi connectivity index (χ3v) is 4.21. The lowest BCUT2D eigenvalue weighted by atomic mass is 10.2. The molecular weight excluding hydrogens is 262 g/mol. The monoisotopic (exact) mass is 287 g/mol. The third-order valence-electron chi connectivity index (χ3n) is 4.21. The largest absolute Gasteiger partial charge is 0.367 e. The van der Waals surface area contributed by atoms with Gasteiger partial charge in [-0.05, 0) is 32.8 Å². The van der Waals surface area contributed by atoms with Gasteiger partial charge in [0.25, 0.3) is 0 Å². The van der Waals surface area contributed by atoms with Crippen LogP contribution in [0.5, 0.6) is 0 Å². The molecule has 2 aromatic heterocycles. The van der Waals surface area contributed by atoms with Crippen LogP contribution in [0.25, 0.3) is 11.0 Å². The van der Waals surface area contributed by atoms with Crippen molar-refractivity contribution < 1.29 is 0 Å². The predicted molar refractivity (Wildman–Crippen MR) is 88.1 cm³/mol. The highest BCUT2D eigenvalue weighted by Gasteiger charge is 2.19. The van der Waals surface area contributed by atoms with Crippen LogP contribution < -0.4 is 10.2 Å². The Labute approximate surface area is 126 Å². The van der Waals surface area contributed by atoms with E-state index in [0.29, 0.717) is 12.1 Å². The standard InChI is InChI=1S/C16H25N5/c1-11(2)21-10-9-13-14(17-12-7-5-6-8-12)18-16(20(3)4)19-15(13)21/h9-12H,5-8H2,1-4H3,(H,17,18,19). The van der Waals surface area contributed by atoms with E-state index in [4.69, 9.17) is 9.97 Å². The van der Waals surface area contributed by atoms with Crippen LogP contribution in [0.1, 0.15) is 45.6 Å². The van der Waals surface area contributed by atoms with E-state index in [-0.39, 0.29) is 0 Å². The Hall–Kier alpha value is -1.78. The quantitative estimate of drug-likeness (QED) is 0.935.